The highest BCUT2D eigenvalue weighted by Gasteiger charge is 2.11. The maximum absolute atomic E-state index is 2.33. The molecule has 0 aliphatic carbocycles. The van der Waals surface area contributed by atoms with E-state index in [0.29, 0.717) is 0 Å². The van der Waals surface area contributed by atoms with Crippen molar-refractivity contribution in [3.63, 3.8) is 0 Å². The van der Waals surface area contributed by atoms with E-state index in [1.165, 1.54) is 21.9 Å². The Hall–Kier alpha value is -1.34. The topological polar surface area (TPSA) is 0 Å². The summed E-state index contributed by atoms with van der Waals surface area (Å²) >= 11 is 0. The molecule has 2 aromatic rings. The molecule has 0 radical (unpaired) electrons. The third-order valence-electron chi connectivity index (χ3n) is 2.85. The summed E-state index contributed by atoms with van der Waals surface area (Å²) in [5, 5.41) is 2.68. The number of nitrogens with zero attached hydrogens (tertiary/aromatic N) is 1. The van der Waals surface area contributed by atoms with E-state index >= 15 is 0 Å². The first-order valence-corrected chi connectivity index (χ1v) is 5.74. The third kappa shape index (κ3) is 2.42. The summed E-state index contributed by atoms with van der Waals surface area (Å²) < 4.78 is 0.971. The van der Waals surface area contributed by atoms with Crippen molar-refractivity contribution < 1.29 is 4.48 Å². The number of quaternary nitrogens is 1. The van der Waals surface area contributed by atoms with E-state index in [-0.39, 0.29) is 0 Å². The molecule has 1 nitrogen and oxygen atoms in total. The van der Waals surface area contributed by atoms with Gasteiger partial charge in [0.1, 0.15) is 6.54 Å². The van der Waals surface area contributed by atoms with Crippen LogP contribution in [0.4, 0.5) is 0 Å². The van der Waals surface area contributed by atoms with Gasteiger partial charge >= 0.3 is 0 Å². The van der Waals surface area contributed by atoms with Gasteiger partial charge in [0.25, 0.3) is 0 Å². The van der Waals surface area contributed by atoms with Crippen molar-refractivity contribution >= 4 is 10.8 Å². The van der Waals surface area contributed by atoms with Crippen LogP contribution in [0.15, 0.2) is 36.4 Å². The van der Waals surface area contributed by atoms with Gasteiger partial charge in [0, 0.05) is 5.56 Å². The maximum Gasteiger partial charge on any atom is 0.104 e. The molecular weight excluding hydrogens is 194 g/mol. The summed E-state index contributed by atoms with van der Waals surface area (Å²) in [6.45, 7) is 3.29. The molecule has 1 heteroatoms. The number of hydrogen-bond acceptors (Lipinski definition) is 0. The van der Waals surface area contributed by atoms with Gasteiger partial charge in [-0.3, -0.25) is 0 Å². The zero-order chi connectivity index (χ0) is 11.8. The number of benzene rings is 2. The van der Waals surface area contributed by atoms with E-state index in [4.69, 9.17) is 0 Å². The summed E-state index contributed by atoms with van der Waals surface area (Å²) in [6.07, 6.45) is 0. The van der Waals surface area contributed by atoms with Crippen LogP contribution in [0.5, 0.6) is 0 Å². The Kier molecular flexibility index (Phi) is 2.73. The molecule has 0 saturated carbocycles. The lowest BCUT2D eigenvalue weighted by molar-refractivity contribution is -0.884. The van der Waals surface area contributed by atoms with Crippen molar-refractivity contribution in [3.05, 3.63) is 47.5 Å². The normalized spacial score (nSPS) is 12.0. The largest absolute Gasteiger partial charge is 0.327 e. The number of hydrogen-bond donors (Lipinski definition) is 0. The molecule has 84 valence electrons. The van der Waals surface area contributed by atoms with Crippen LogP contribution in [0.2, 0.25) is 0 Å². The highest BCUT2D eigenvalue weighted by molar-refractivity contribution is 5.83. The lowest BCUT2D eigenvalue weighted by Gasteiger charge is -2.25. The minimum atomic E-state index is 0.971. The van der Waals surface area contributed by atoms with Crippen LogP contribution in [0.3, 0.4) is 0 Å². The molecule has 0 fully saturated rings. The molecule has 0 atom stereocenters. The summed E-state index contributed by atoms with van der Waals surface area (Å²) in [5.41, 5.74) is 2.85. The molecule has 0 bridgehead atoms. The van der Waals surface area contributed by atoms with E-state index in [0.717, 1.165) is 11.0 Å². The fraction of sp³-hybridized carbons (Fsp3) is 0.333. The van der Waals surface area contributed by atoms with Crippen LogP contribution < -0.4 is 0 Å². The number of fused-ring (bicyclic) bond motifs is 1. The summed E-state index contributed by atoms with van der Waals surface area (Å²) in [6, 6.07) is 13.2. The maximum atomic E-state index is 2.33. The smallest absolute Gasteiger partial charge is 0.104 e. The van der Waals surface area contributed by atoms with Gasteiger partial charge in [-0.1, -0.05) is 30.3 Å². The van der Waals surface area contributed by atoms with Crippen molar-refractivity contribution in [2.45, 2.75) is 13.5 Å². The van der Waals surface area contributed by atoms with Crippen molar-refractivity contribution in [3.8, 4) is 0 Å². The van der Waals surface area contributed by atoms with Gasteiger partial charge in [-0.05, 0) is 29.3 Å². The van der Waals surface area contributed by atoms with Gasteiger partial charge < -0.3 is 4.48 Å². The second kappa shape index (κ2) is 3.91. The molecular formula is C15H20N+. The SMILES string of the molecule is Cc1cc2ccccc2cc1C[N+](C)(C)C. The van der Waals surface area contributed by atoms with E-state index in [1.54, 1.807) is 0 Å². The fourth-order valence-corrected chi connectivity index (χ4v) is 2.08. The average molecular weight is 214 g/mol. The number of rotatable bonds is 2. The Bertz CT molecular complexity index is 506. The van der Waals surface area contributed by atoms with Gasteiger partial charge in [-0.2, -0.15) is 0 Å². The molecule has 0 saturated heterocycles. The van der Waals surface area contributed by atoms with Crippen LogP contribution in [0, 0.1) is 6.92 Å². The zero-order valence-electron chi connectivity index (χ0n) is 10.6. The van der Waals surface area contributed by atoms with Crippen molar-refractivity contribution in [1.29, 1.82) is 0 Å². The van der Waals surface area contributed by atoms with Crippen LogP contribution in [0.25, 0.3) is 10.8 Å². The first-order chi connectivity index (χ1) is 7.46. The first kappa shape index (κ1) is 11.2. The van der Waals surface area contributed by atoms with E-state index in [9.17, 15) is 0 Å². The molecule has 0 heterocycles. The van der Waals surface area contributed by atoms with Gasteiger partial charge in [0.05, 0.1) is 21.1 Å². The molecule has 0 N–H and O–H groups in total. The lowest BCUT2D eigenvalue weighted by Crippen LogP contribution is -2.33. The molecule has 2 aromatic carbocycles. The standard InChI is InChI=1S/C15H20N/c1-12-9-13-7-5-6-8-14(13)10-15(12)11-16(2,3)4/h5-10H,11H2,1-4H3/q+1. The molecule has 2 rings (SSSR count). The third-order valence-corrected chi connectivity index (χ3v) is 2.85. The Balaban J connectivity index is 2.50. The van der Waals surface area contributed by atoms with Crippen LogP contribution >= 0.6 is 0 Å². The highest BCUT2D eigenvalue weighted by atomic mass is 15.3. The second-order valence-electron chi connectivity index (χ2n) is 5.57. The van der Waals surface area contributed by atoms with Crippen LogP contribution in [0.1, 0.15) is 11.1 Å². The quantitative estimate of drug-likeness (QED) is 0.672. The van der Waals surface area contributed by atoms with Gasteiger partial charge in [-0.15, -0.1) is 0 Å². The minimum Gasteiger partial charge on any atom is -0.327 e. The molecule has 0 unspecified atom stereocenters. The van der Waals surface area contributed by atoms with E-state index in [1.807, 2.05) is 0 Å². The average Bonchev–Trinajstić information content (AvgIpc) is 2.17. The molecule has 0 aromatic heterocycles. The fourth-order valence-electron chi connectivity index (χ4n) is 2.08. The molecule has 0 aliphatic rings. The predicted octanol–water partition coefficient (Wildman–Crippen LogP) is 3.35. The molecule has 0 amide bonds. The van der Waals surface area contributed by atoms with Crippen molar-refractivity contribution in [2.24, 2.45) is 0 Å². The molecule has 0 aliphatic heterocycles. The molecule has 0 spiro atoms. The van der Waals surface area contributed by atoms with Gasteiger partial charge in [0.15, 0.2) is 0 Å². The molecule has 16 heavy (non-hydrogen) atoms. The number of aryl methyl sites for hydroxylation is 1. The van der Waals surface area contributed by atoms with Crippen molar-refractivity contribution in [2.75, 3.05) is 21.1 Å². The Morgan fingerprint density at radius 2 is 1.50 bits per heavy atom. The Morgan fingerprint density at radius 1 is 0.938 bits per heavy atom. The summed E-state index contributed by atoms with van der Waals surface area (Å²) in [7, 11) is 6.69. The summed E-state index contributed by atoms with van der Waals surface area (Å²) in [4.78, 5) is 0. The van der Waals surface area contributed by atoms with E-state index in [2.05, 4.69) is 64.5 Å². The van der Waals surface area contributed by atoms with Gasteiger partial charge in [0.2, 0.25) is 0 Å². The highest BCUT2D eigenvalue weighted by Crippen LogP contribution is 2.21. The first-order valence-electron chi connectivity index (χ1n) is 5.74. The predicted molar refractivity (Wildman–Crippen MR) is 70.4 cm³/mol. The monoisotopic (exact) mass is 214 g/mol. The summed E-state index contributed by atoms with van der Waals surface area (Å²) in [5.74, 6) is 0. The van der Waals surface area contributed by atoms with Crippen LogP contribution in [-0.2, 0) is 6.54 Å². The lowest BCUT2D eigenvalue weighted by atomic mass is 10.0. The second-order valence-corrected chi connectivity index (χ2v) is 5.57. The van der Waals surface area contributed by atoms with Crippen LogP contribution in [-0.4, -0.2) is 25.6 Å². The minimum absolute atomic E-state index is 0.971. The Morgan fingerprint density at radius 3 is 2.06 bits per heavy atom. The van der Waals surface area contributed by atoms with Crippen molar-refractivity contribution in [1.82, 2.24) is 0 Å². The van der Waals surface area contributed by atoms with E-state index < -0.39 is 0 Å². The Labute approximate surface area is 97.9 Å². The zero-order valence-corrected chi connectivity index (χ0v) is 10.6. The van der Waals surface area contributed by atoms with Gasteiger partial charge in [-0.25, -0.2) is 0 Å².